The van der Waals surface area contributed by atoms with E-state index < -0.39 is 5.82 Å². The highest BCUT2D eigenvalue weighted by atomic mass is 79.9. The Balaban J connectivity index is 1.90. The predicted molar refractivity (Wildman–Crippen MR) is 78.1 cm³/mol. The summed E-state index contributed by atoms with van der Waals surface area (Å²) in [5.41, 5.74) is 1.68. The van der Waals surface area contributed by atoms with Crippen LogP contribution in [-0.4, -0.2) is 16.1 Å². The van der Waals surface area contributed by atoms with Gasteiger partial charge >= 0.3 is 0 Å². The molecule has 0 bridgehead atoms. The summed E-state index contributed by atoms with van der Waals surface area (Å²) in [6, 6.07) is 9.72. The van der Waals surface area contributed by atoms with Crippen LogP contribution < -0.4 is 5.32 Å². The lowest BCUT2D eigenvalue weighted by Crippen LogP contribution is -2.13. The highest BCUT2D eigenvalue weighted by Crippen LogP contribution is 2.22. The lowest BCUT2D eigenvalue weighted by molar-refractivity contribution is 0.102. The summed E-state index contributed by atoms with van der Waals surface area (Å²) in [5, 5.41) is 10.4. The first kappa shape index (κ1) is 12.8. The molecule has 20 heavy (non-hydrogen) atoms. The molecule has 0 aliphatic carbocycles. The summed E-state index contributed by atoms with van der Waals surface area (Å²) in [7, 11) is 0. The van der Waals surface area contributed by atoms with Gasteiger partial charge in [-0.25, -0.2) is 4.39 Å². The first-order valence-electron chi connectivity index (χ1n) is 5.83. The first-order valence-corrected chi connectivity index (χ1v) is 6.63. The standard InChI is InChI=1S/C14H9BrFN3O/c15-13-10(2-1-3-11(13)16)14(20)18-9-5-4-8-7-17-19-12(8)6-9/h1-7H,(H,17,19)(H,18,20). The molecule has 6 heteroatoms. The van der Waals surface area contributed by atoms with Crippen LogP contribution >= 0.6 is 15.9 Å². The van der Waals surface area contributed by atoms with Crippen molar-refractivity contribution in [3.05, 3.63) is 58.4 Å². The third-order valence-electron chi connectivity index (χ3n) is 2.90. The number of hydrogen-bond donors (Lipinski definition) is 2. The molecule has 1 amide bonds. The van der Waals surface area contributed by atoms with Crippen LogP contribution in [0.3, 0.4) is 0 Å². The van der Waals surface area contributed by atoms with Gasteiger partial charge in [0.05, 0.1) is 21.7 Å². The molecule has 1 heterocycles. The van der Waals surface area contributed by atoms with Gasteiger partial charge in [0, 0.05) is 11.1 Å². The number of fused-ring (bicyclic) bond motifs is 1. The van der Waals surface area contributed by atoms with E-state index in [4.69, 9.17) is 0 Å². The predicted octanol–water partition coefficient (Wildman–Crippen LogP) is 3.72. The molecule has 3 rings (SSSR count). The Kier molecular flexibility index (Phi) is 3.23. The third kappa shape index (κ3) is 2.30. The van der Waals surface area contributed by atoms with Gasteiger partial charge in [0.2, 0.25) is 0 Å². The van der Waals surface area contributed by atoms with Crippen molar-refractivity contribution in [2.75, 3.05) is 5.32 Å². The van der Waals surface area contributed by atoms with Gasteiger partial charge in [0.15, 0.2) is 0 Å². The van der Waals surface area contributed by atoms with Crippen LogP contribution in [0.5, 0.6) is 0 Å². The summed E-state index contributed by atoms with van der Waals surface area (Å²) < 4.78 is 13.6. The molecule has 100 valence electrons. The normalized spacial score (nSPS) is 10.7. The van der Waals surface area contributed by atoms with Crippen LogP contribution in [0.1, 0.15) is 10.4 Å². The summed E-state index contributed by atoms with van der Waals surface area (Å²) in [4.78, 5) is 12.1. The molecule has 4 nitrogen and oxygen atoms in total. The van der Waals surface area contributed by atoms with Gasteiger partial charge in [0.1, 0.15) is 5.82 Å². The second-order valence-corrected chi connectivity index (χ2v) is 5.02. The van der Waals surface area contributed by atoms with E-state index in [1.807, 2.05) is 6.07 Å². The van der Waals surface area contributed by atoms with Gasteiger partial charge in [-0.2, -0.15) is 5.10 Å². The number of nitrogens with zero attached hydrogens (tertiary/aromatic N) is 1. The maximum Gasteiger partial charge on any atom is 0.256 e. The minimum absolute atomic E-state index is 0.153. The molecule has 2 N–H and O–H groups in total. The highest BCUT2D eigenvalue weighted by Gasteiger charge is 2.13. The number of halogens is 2. The van der Waals surface area contributed by atoms with Gasteiger partial charge in [0.25, 0.3) is 5.91 Å². The minimum Gasteiger partial charge on any atom is -0.322 e. The van der Waals surface area contributed by atoms with E-state index in [1.165, 1.54) is 12.1 Å². The van der Waals surface area contributed by atoms with Crippen molar-refractivity contribution in [1.82, 2.24) is 10.2 Å². The van der Waals surface area contributed by atoms with E-state index in [-0.39, 0.29) is 15.9 Å². The molecule has 1 aromatic heterocycles. The topological polar surface area (TPSA) is 57.8 Å². The van der Waals surface area contributed by atoms with Gasteiger partial charge in [-0.15, -0.1) is 0 Å². The number of anilines is 1. The van der Waals surface area contributed by atoms with Crippen LogP contribution in [0.25, 0.3) is 10.9 Å². The fourth-order valence-electron chi connectivity index (χ4n) is 1.89. The van der Waals surface area contributed by atoms with Crippen molar-refractivity contribution < 1.29 is 9.18 Å². The maximum atomic E-state index is 13.4. The largest absolute Gasteiger partial charge is 0.322 e. The Morgan fingerprint density at radius 1 is 1.30 bits per heavy atom. The molecule has 0 saturated heterocycles. The molecular formula is C14H9BrFN3O. The average Bonchev–Trinajstić information content (AvgIpc) is 2.89. The Hall–Kier alpha value is -2.21. The number of hydrogen-bond acceptors (Lipinski definition) is 2. The quantitative estimate of drug-likeness (QED) is 0.750. The van der Waals surface area contributed by atoms with Gasteiger partial charge in [-0.3, -0.25) is 9.89 Å². The van der Waals surface area contributed by atoms with Crippen molar-refractivity contribution in [2.24, 2.45) is 0 Å². The molecule has 0 aliphatic heterocycles. The monoisotopic (exact) mass is 333 g/mol. The Morgan fingerprint density at radius 3 is 3.00 bits per heavy atom. The number of amides is 1. The SMILES string of the molecule is O=C(Nc1ccc2cn[nH]c2c1)c1cccc(F)c1Br. The molecular weight excluding hydrogens is 325 g/mol. The number of rotatable bonds is 2. The summed E-state index contributed by atoms with van der Waals surface area (Å²) >= 11 is 3.08. The molecule has 3 aromatic rings. The average molecular weight is 334 g/mol. The Morgan fingerprint density at radius 2 is 2.15 bits per heavy atom. The second-order valence-electron chi connectivity index (χ2n) is 4.23. The number of H-pyrrole nitrogens is 1. The van der Waals surface area contributed by atoms with Crippen LogP contribution in [0.4, 0.5) is 10.1 Å². The summed E-state index contributed by atoms with van der Waals surface area (Å²) in [6.45, 7) is 0. The zero-order valence-electron chi connectivity index (χ0n) is 10.2. The summed E-state index contributed by atoms with van der Waals surface area (Å²) in [5.74, 6) is -0.850. The molecule has 0 atom stereocenters. The Bertz CT molecular complexity index is 800. The smallest absolute Gasteiger partial charge is 0.256 e. The first-order chi connectivity index (χ1) is 9.65. The molecule has 2 aromatic carbocycles. The second kappa shape index (κ2) is 5.05. The van der Waals surface area contributed by atoms with Gasteiger partial charge < -0.3 is 5.32 Å². The van der Waals surface area contributed by atoms with E-state index in [2.05, 4.69) is 31.4 Å². The molecule has 0 unspecified atom stereocenters. The number of carbonyl (C=O) groups is 1. The minimum atomic E-state index is -0.471. The van der Waals surface area contributed by atoms with E-state index in [1.54, 1.807) is 24.4 Å². The van der Waals surface area contributed by atoms with Gasteiger partial charge in [-0.1, -0.05) is 6.07 Å². The number of carbonyl (C=O) groups excluding carboxylic acids is 1. The van der Waals surface area contributed by atoms with E-state index >= 15 is 0 Å². The zero-order valence-corrected chi connectivity index (χ0v) is 11.7. The van der Waals surface area contributed by atoms with E-state index in [0.29, 0.717) is 5.69 Å². The van der Waals surface area contributed by atoms with Crippen LogP contribution in [0, 0.1) is 5.82 Å². The van der Waals surface area contributed by atoms with E-state index in [9.17, 15) is 9.18 Å². The zero-order chi connectivity index (χ0) is 14.1. The van der Waals surface area contributed by atoms with Crippen LogP contribution in [0.2, 0.25) is 0 Å². The number of aromatic amines is 1. The van der Waals surface area contributed by atoms with E-state index in [0.717, 1.165) is 10.9 Å². The molecule has 0 spiro atoms. The number of nitrogens with one attached hydrogen (secondary N) is 2. The molecule has 0 fully saturated rings. The van der Waals surface area contributed by atoms with Crippen molar-refractivity contribution in [3.8, 4) is 0 Å². The van der Waals surface area contributed by atoms with Crippen LogP contribution in [0.15, 0.2) is 47.1 Å². The van der Waals surface area contributed by atoms with Crippen molar-refractivity contribution in [1.29, 1.82) is 0 Å². The lowest BCUT2D eigenvalue weighted by atomic mass is 10.2. The maximum absolute atomic E-state index is 13.4. The molecule has 0 aliphatic rings. The highest BCUT2D eigenvalue weighted by molar-refractivity contribution is 9.10. The Labute approximate surface area is 122 Å². The third-order valence-corrected chi connectivity index (χ3v) is 3.70. The lowest BCUT2D eigenvalue weighted by Gasteiger charge is -2.07. The fourth-order valence-corrected chi connectivity index (χ4v) is 2.34. The van der Waals surface area contributed by atoms with Crippen molar-refractivity contribution >= 4 is 38.4 Å². The molecule has 0 saturated carbocycles. The fraction of sp³-hybridized carbons (Fsp3) is 0. The number of aromatic nitrogens is 2. The number of benzene rings is 2. The van der Waals surface area contributed by atoms with Crippen molar-refractivity contribution in [3.63, 3.8) is 0 Å². The van der Waals surface area contributed by atoms with Crippen molar-refractivity contribution in [2.45, 2.75) is 0 Å². The van der Waals surface area contributed by atoms with Crippen LogP contribution in [-0.2, 0) is 0 Å². The molecule has 0 radical (unpaired) electrons. The summed E-state index contributed by atoms with van der Waals surface area (Å²) in [6.07, 6.45) is 1.70. The van der Waals surface area contributed by atoms with Gasteiger partial charge in [-0.05, 0) is 46.3 Å².